The van der Waals surface area contributed by atoms with Crippen molar-refractivity contribution in [3.05, 3.63) is 45.0 Å². The highest BCUT2D eigenvalue weighted by molar-refractivity contribution is 9.10. The predicted octanol–water partition coefficient (Wildman–Crippen LogP) is 4.07. The number of nitrogen functional groups attached to an aromatic ring is 1. The Labute approximate surface area is 127 Å². The molecule has 7 heteroatoms. The van der Waals surface area contributed by atoms with Crippen LogP contribution in [0.5, 0.6) is 0 Å². The first-order valence-electron chi connectivity index (χ1n) is 5.31. The van der Waals surface area contributed by atoms with Gasteiger partial charge in [0.15, 0.2) is 5.65 Å². The van der Waals surface area contributed by atoms with Crippen LogP contribution in [0.1, 0.15) is 0 Å². The van der Waals surface area contributed by atoms with Crippen molar-refractivity contribution in [2.75, 3.05) is 5.73 Å². The molecular formula is C12H7BrCl2N4. The van der Waals surface area contributed by atoms with Crippen molar-refractivity contribution in [3.63, 3.8) is 0 Å². The van der Waals surface area contributed by atoms with Gasteiger partial charge in [0.2, 0.25) is 5.95 Å². The Morgan fingerprint density at radius 3 is 2.68 bits per heavy atom. The third-order valence-electron chi connectivity index (χ3n) is 2.65. The predicted molar refractivity (Wildman–Crippen MR) is 81.0 cm³/mol. The lowest BCUT2D eigenvalue weighted by Crippen LogP contribution is -2.01. The summed E-state index contributed by atoms with van der Waals surface area (Å²) in [6.45, 7) is 0. The molecule has 0 fully saturated rings. The Hall–Kier alpha value is -1.30. The number of hydrogen-bond donors (Lipinski definition) is 1. The van der Waals surface area contributed by atoms with Gasteiger partial charge in [-0.15, -0.1) is 0 Å². The molecule has 3 aromatic rings. The van der Waals surface area contributed by atoms with Crippen molar-refractivity contribution in [2.24, 2.45) is 0 Å². The third-order valence-corrected chi connectivity index (χ3v) is 3.82. The molecule has 0 bridgehead atoms. The quantitative estimate of drug-likeness (QED) is 0.714. The second kappa shape index (κ2) is 4.67. The molecule has 0 radical (unpaired) electrons. The molecule has 2 aromatic heterocycles. The number of pyridine rings is 1. The summed E-state index contributed by atoms with van der Waals surface area (Å²) in [4.78, 5) is 8.60. The van der Waals surface area contributed by atoms with Crippen molar-refractivity contribution in [1.29, 1.82) is 0 Å². The lowest BCUT2D eigenvalue weighted by atomic mass is 10.3. The van der Waals surface area contributed by atoms with Gasteiger partial charge in [0.25, 0.3) is 0 Å². The maximum Gasteiger partial charge on any atom is 0.207 e. The minimum absolute atomic E-state index is 0.346. The molecule has 1 aromatic carbocycles. The summed E-state index contributed by atoms with van der Waals surface area (Å²) in [5, 5.41) is 0.946. The summed E-state index contributed by atoms with van der Waals surface area (Å²) in [7, 11) is 0. The number of fused-ring (bicyclic) bond motifs is 1. The van der Waals surface area contributed by atoms with Crippen LogP contribution >= 0.6 is 39.1 Å². The summed E-state index contributed by atoms with van der Waals surface area (Å²) < 4.78 is 2.57. The van der Waals surface area contributed by atoms with Gasteiger partial charge in [-0.05, 0) is 40.2 Å². The Kier molecular flexibility index (Phi) is 3.12. The van der Waals surface area contributed by atoms with Gasteiger partial charge >= 0.3 is 0 Å². The number of halogens is 3. The zero-order valence-electron chi connectivity index (χ0n) is 9.44. The molecule has 0 unspecified atom stereocenters. The topological polar surface area (TPSA) is 56.7 Å². The van der Waals surface area contributed by atoms with E-state index in [-0.39, 0.29) is 0 Å². The van der Waals surface area contributed by atoms with E-state index in [9.17, 15) is 0 Å². The van der Waals surface area contributed by atoms with E-state index < -0.39 is 0 Å². The number of hydrogen-bond acceptors (Lipinski definition) is 3. The first kappa shape index (κ1) is 12.7. The van der Waals surface area contributed by atoms with Crippen LogP contribution in [0.2, 0.25) is 10.0 Å². The second-order valence-corrected chi connectivity index (χ2v) is 5.63. The average molecular weight is 358 g/mol. The number of nitrogens with zero attached hydrogens (tertiary/aromatic N) is 3. The normalized spacial score (nSPS) is 11.1. The summed E-state index contributed by atoms with van der Waals surface area (Å²) in [5.41, 5.74) is 8.08. The monoisotopic (exact) mass is 356 g/mol. The molecule has 19 heavy (non-hydrogen) atoms. The number of nitrogens with two attached hydrogens (primary N) is 1. The Morgan fingerprint density at radius 2 is 1.95 bits per heavy atom. The van der Waals surface area contributed by atoms with Crippen LogP contribution in [0.4, 0.5) is 5.95 Å². The van der Waals surface area contributed by atoms with Crippen LogP contribution in [0.25, 0.3) is 16.9 Å². The smallest absolute Gasteiger partial charge is 0.207 e. The molecule has 0 saturated carbocycles. The largest absolute Gasteiger partial charge is 0.369 e. The van der Waals surface area contributed by atoms with Crippen molar-refractivity contribution in [1.82, 2.24) is 14.5 Å². The Morgan fingerprint density at radius 1 is 1.16 bits per heavy atom. The molecule has 0 aliphatic rings. The van der Waals surface area contributed by atoms with E-state index in [1.165, 1.54) is 0 Å². The van der Waals surface area contributed by atoms with Gasteiger partial charge in [-0.3, -0.25) is 4.57 Å². The zero-order valence-corrected chi connectivity index (χ0v) is 12.5. The van der Waals surface area contributed by atoms with Gasteiger partial charge < -0.3 is 5.73 Å². The van der Waals surface area contributed by atoms with Crippen molar-refractivity contribution < 1.29 is 0 Å². The Balaban J connectivity index is 2.29. The molecule has 4 nitrogen and oxygen atoms in total. The number of rotatable bonds is 1. The first-order valence-corrected chi connectivity index (χ1v) is 6.86. The van der Waals surface area contributed by atoms with Crippen LogP contribution in [-0.4, -0.2) is 14.5 Å². The fourth-order valence-corrected chi connectivity index (χ4v) is 2.45. The maximum absolute atomic E-state index is 6.03. The van der Waals surface area contributed by atoms with E-state index in [0.717, 1.165) is 10.2 Å². The van der Waals surface area contributed by atoms with Gasteiger partial charge in [-0.2, -0.15) is 0 Å². The fraction of sp³-hybridized carbons (Fsp3) is 0. The van der Waals surface area contributed by atoms with Crippen LogP contribution in [0.15, 0.2) is 34.9 Å². The molecular weight excluding hydrogens is 351 g/mol. The molecule has 0 atom stereocenters. The minimum Gasteiger partial charge on any atom is -0.369 e. The van der Waals surface area contributed by atoms with Gasteiger partial charge in [0.05, 0.1) is 15.7 Å². The highest BCUT2D eigenvalue weighted by atomic mass is 79.9. The van der Waals surface area contributed by atoms with Crippen LogP contribution in [-0.2, 0) is 0 Å². The molecule has 0 saturated heterocycles. The summed E-state index contributed by atoms with van der Waals surface area (Å²) in [6, 6.07) is 7.11. The van der Waals surface area contributed by atoms with Gasteiger partial charge in [-0.25, -0.2) is 9.97 Å². The maximum atomic E-state index is 6.03. The first-order chi connectivity index (χ1) is 9.06. The molecule has 2 N–H and O–H groups in total. The number of aromatic nitrogens is 3. The second-order valence-electron chi connectivity index (χ2n) is 3.90. The van der Waals surface area contributed by atoms with Crippen LogP contribution in [0, 0.1) is 0 Å². The molecule has 2 heterocycles. The van der Waals surface area contributed by atoms with E-state index in [1.807, 2.05) is 12.1 Å². The SMILES string of the molecule is Nc1nc2cc(Br)cnc2n1-c1ccc(Cl)c(Cl)c1. The average Bonchev–Trinajstić information content (AvgIpc) is 2.68. The van der Waals surface area contributed by atoms with E-state index in [2.05, 4.69) is 25.9 Å². The molecule has 96 valence electrons. The lowest BCUT2D eigenvalue weighted by molar-refractivity contribution is 1.08. The van der Waals surface area contributed by atoms with E-state index in [0.29, 0.717) is 27.2 Å². The summed E-state index contributed by atoms with van der Waals surface area (Å²) >= 11 is 15.3. The minimum atomic E-state index is 0.346. The highest BCUT2D eigenvalue weighted by Gasteiger charge is 2.12. The number of benzene rings is 1. The zero-order chi connectivity index (χ0) is 13.6. The van der Waals surface area contributed by atoms with Crippen LogP contribution < -0.4 is 5.73 Å². The van der Waals surface area contributed by atoms with Crippen molar-refractivity contribution in [3.8, 4) is 5.69 Å². The molecule has 0 aliphatic carbocycles. The van der Waals surface area contributed by atoms with Crippen LogP contribution in [0.3, 0.4) is 0 Å². The van der Waals surface area contributed by atoms with E-state index in [1.54, 1.807) is 22.9 Å². The highest BCUT2D eigenvalue weighted by Crippen LogP contribution is 2.28. The van der Waals surface area contributed by atoms with Crippen molar-refractivity contribution >= 4 is 56.2 Å². The number of anilines is 1. The van der Waals surface area contributed by atoms with E-state index >= 15 is 0 Å². The fourth-order valence-electron chi connectivity index (χ4n) is 1.84. The molecule has 3 rings (SSSR count). The lowest BCUT2D eigenvalue weighted by Gasteiger charge is -2.07. The van der Waals surface area contributed by atoms with Gasteiger partial charge in [0, 0.05) is 10.7 Å². The summed E-state index contributed by atoms with van der Waals surface area (Å²) in [6.07, 6.45) is 1.69. The number of imidazole rings is 1. The molecule has 0 spiro atoms. The Bertz CT molecular complexity index is 785. The molecule has 0 amide bonds. The summed E-state index contributed by atoms with van der Waals surface area (Å²) in [5.74, 6) is 0.346. The standard InChI is InChI=1S/C12H7BrCl2N4/c13-6-3-10-11(17-5-6)19(12(16)18-10)7-1-2-8(14)9(15)4-7/h1-5H,(H2,16,18). The van der Waals surface area contributed by atoms with E-state index in [4.69, 9.17) is 28.9 Å². The van der Waals surface area contributed by atoms with Gasteiger partial charge in [0.1, 0.15) is 5.52 Å². The van der Waals surface area contributed by atoms with Crippen molar-refractivity contribution in [2.45, 2.75) is 0 Å². The third kappa shape index (κ3) is 2.18. The van der Waals surface area contributed by atoms with Gasteiger partial charge in [-0.1, -0.05) is 23.2 Å². The molecule has 0 aliphatic heterocycles.